The molecular formula is C19H25NO. The zero-order chi connectivity index (χ0) is 15.3. The number of benzene rings is 2. The Morgan fingerprint density at radius 3 is 1.67 bits per heavy atom. The van der Waals surface area contributed by atoms with Gasteiger partial charge in [0.15, 0.2) is 0 Å². The lowest BCUT2D eigenvalue weighted by Crippen LogP contribution is -2.42. The summed E-state index contributed by atoms with van der Waals surface area (Å²) in [6, 6.07) is 20.4. The average molecular weight is 283 g/mol. The first kappa shape index (κ1) is 15.7. The Kier molecular flexibility index (Phi) is 5.16. The third kappa shape index (κ3) is 4.69. The SMILES string of the molecule is CC(C)(C)NCC(O)C(c1ccccc1)c1ccccc1. The van der Waals surface area contributed by atoms with Crippen LogP contribution in [0.1, 0.15) is 37.8 Å². The van der Waals surface area contributed by atoms with Gasteiger partial charge >= 0.3 is 0 Å². The van der Waals surface area contributed by atoms with Crippen molar-refractivity contribution in [1.29, 1.82) is 0 Å². The fourth-order valence-electron chi connectivity index (χ4n) is 2.49. The molecule has 0 bridgehead atoms. The number of aliphatic hydroxyl groups excluding tert-OH is 1. The molecule has 2 heteroatoms. The molecule has 0 amide bonds. The van der Waals surface area contributed by atoms with Crippen molar-refractivity contribution in [3.63, 3.8) is 0 Å². The second kappa shape index (κ2) is 6.88. The highest BCUT2D eigenvalue weighted by Gasteiger charge is 2.24. The van der Waals surface area contributed by atoms with E-state index in [1.807, 2.05) is 36.4 Å². The molecule has 0 aliphatic carbocycles. The molecule has 0 aliphatic heterocycles. The summed E-state index contributed by atoms with van der Waals surface area (Å²) in [4.78, 5) is 0. The molecule has 2 nitrogen and oxygen atoms in total. The molecule has 1 atom stereocenters. The standard InChI is InChI=1S/C19H25NO/c1-19(2,3)20-14-17(21)18(15-10-6-4-7-11-15)16-12-8-5-9-13-16/h4-13,17-18,20-21H,14H2,1-3H3. The Labute approximate surface area is 127 Å². The number of β-amino-alcohol motifs (C(OH)–C–C–N with tert-alkyl or cyclic N) is 1. The first-order valence-corrected chi connectivity index (χ1v) is 7.50. The van der Waals surface area contributed by atoms with Gasteiger partial charge in [0, 0.05) is 18.0 Å². The molecule has 0 radical (unpaired) electrons. The van der Waals surface area contributed by atoms with E-state index >= 15 is 0 Å². The number of rotatable bonds is 5. The number of hydrogen-bond acceptors (Lipinski definition) is 2. The summed E-state index contributed by atoms with van der Waals surface area (Å²) in [5.41, 5.74) is 2.29. The molecule has 0 spiro atoms. The van der Waals surface area contributed by atoms with Crippen LogP contribution >= 0.6 is 0 Å². The maximum atomic E-state index is 10.7. The highest BCUT2D eigenvalue weighted by molar-refractivity contribution is 5.33. The summed E-state index contributed by atoms with van der Waals surface area (Å²) in [5.74, 6) is -0.0118. The van der Waals surface area contributed by atoms with Crippen LogP contribution < -0.4 is 5.32 Å². The van der Waals surface area contributed by atoms with Crippen LogP contribution in [0.3, 0.4) is 0 Å². The lowest BCUT2D eigenvalue weighted by atomic mass is 9.86. The molecule has 21 heavy (non-hydrogen) atoms. The van der Waals surface area contributed by atoms with E-state index in [4.69, 9.17) is 0 Å². The molecule has 2 rings (SSSR count). The van der Waals surface area contributed by atoms with Gasteiger partial charge < -0.3 is 10.4 Å². The van der Waals surface area contributed by atoms with Gasteiger partial charge in [-0.3, -0.25) is 0 Å². The van der Waals surface area contributed by atoms with Gasteiger partial charge in [-0.05, 0) is 31.9 Å². The Balaban J connectivity index is 2.25. The fraction of sp³-hybridized carbons (Fsp3) is 0.368. The zero-order valence-corrected chi connectivity index (χ0v) is 13.1. The van der Waals surface area contributed by atoms with Crippen molar-refractivity contribution in [3.05, 3.63) is 71.8 Å². The monoisotopic (exact) mass is 283 g/mol. The molecule has 0 fully saturated rings. The van der Waals surface area contributed by atoms with Gasteiger partial charge in [0.1, 0.15) is 0 Å². The zero-order valence-electron chi connectivity index (χ0n) is 13.1. The van der Waals surface area contributed by atoms with Gasteiger partial charge in [0.05, 0.1) is 6.10 Å². The second-order valence-electron chi connectivity index (χ2n) is 6.50. The fourth-order valence-corrected chi connectivity index (χ4v) is 2.49. The van der Waals surface area contributed by atoms with Crippen LogP contribution in [0.25, 0.3) is 0 Å². The summed E-state index contributed by atoms with van der Waals surface area (Å²) in [6.45, 7) is 6.90. The predicted octanol–water partition coefficient (Wildman–Crippen LogP) is 3.57. The molecule has 0 aliphatic rings. The maximum absolute atomic E-state index is 10.7. The van der Waals surface area contributed by atoms with Crippen molar-refractivity contribution in [2.24, 2.45) is 0 Å². The average Bonchev–Trinajstić information content (AvgIpc) is 2.47. The van der Waals surface area contributed by atoms with E-state index in [1.54, 1.807) is 0 Å². The van der Waals surface area contributed by atoms with Gasteiger partial charge in [-0.25, -0.2) is 0 Å². The lowest BCUT2D eigenvalue weighted by molar-refractivity contribution is 0.144. The third-order valence-corrected chi connectivity index (χ3v) is 3.54. The van der Waals surface area contributed by atoms with E-state index in [0.29, 0.717) is 6.54 Å². The summed E-state index contributed by atoms with van der Waals surface area (Å²) in [5, 5.41) is 14.1. The highest BCUT2D eigenvalue weighted by Crippen LogP contribution is 2.28. The molecule has 0 saturated heterocycles. The van der Waals surface area contributed by atoms with Crippen LogP contribution in [-0.4, -0.2) is 23.3 Å². The number of nitrogens with one attached hydrogen (secondary N) is 1. The number of aliphatic hydroxyl groups is 1. The maximum Gasteiger partial charge on any atom is 0.0773 e. The molecule has 0 aromatic heterocycles. The van der Waals surface area contributed by atoms with Gasteiger partial charge in [-0.15, -0.1) is 0 Å². The van der Waals surface area contributed by atoms with E-state index in [-0.39, 0.29) is 11.5 Å². The van der Waals surface area contributed by atoms with Gasteiger partial charge in [-0.2, -0.15) is 0 Å². The number of hydrogen-bond donors (Lipinski definition) is 2. The molecule has 2 aromatic carbocycles. The third-order valence-electron chi connectivity index (χ3n) is 3.54. The van der Waals surface area contributed by atoms with Crippen LogP contribution in [0.2, 0.25) is 0 Å². The van der Waals surface area contributed by atoms with E-state index in [9.17, 15) is 5.11 Å². The van der Waals surface area contributed by atoms with Crippen LogP contribution in [0.5, 0.6) is 0 Å². The van der Waals surface area contributed by atoms with E-state index in [2.05, 4.69) is 50.4 Å². The Morgan fingerprint density at radius 1 is 0.857 bits per heavy atom. The lowest BCUT2D eigenvalue weighted by Gasteiger charge is -2.28. The first-order chi connectivity index (χ1) is 9.97. The summed E-state index contributed by atoms with van der Waals surface area (Å²) < 4.78 is 0. The Morgan fingerprint density at radius 2 is 1.29 bits per heavy atom. The van der Waals surface area contributed by atoms with Gasteiger partial charge in [0.2, 0.25) is 0 Å². The molecule has 1 unspecified atom stereocenters. The van der Waals surface area contributed by atoms with Crippen LogP contribution in [0, 0.1) is 0 Å². The topological polar surface area (TPSA) is 32.3 Å². The first-order valence-electron chi connectivity index (χ1n) is 7.50. The van der Waals surface area contributed by atoms with Crippen molar-refractivity contribution in [3.8, 4) is 0 Å². The minimum absolute atomic E-state index is 0.00109. The van der Waals surface area contributed by atoms with Crippen LogP contribution in [0.15, 0.2) is 60.7 Å². The van der Waals surface area contributed by atoms with Gasteiger partial charge in [-0.1, -0.05) is 60.7 Å². The predicted molar refractivity (Wildman–Crippen MR) is 88.5 cm³/mol. The molecule has 2 N–H and O–H groups in total. The molecular weight excluding hydrogens is 258 g/mol. The highest BCUT2D eigenvalue weighted by atomic mass is 16.3. The molecule has 0 saturated carbocycles. The smallest absolute Gasteiger partial charge is 0.0773 e. The van der Waals surface area contributed by atoms with Crippen molar-refractivity contribution in [1.82, 2.24) is 5.32 Å². The normalized spacial score (nSPS) is 13.4. The minimum Gasteiger partial charge on any atom is -0.391 e. The van der Waals surface area contributed by atoms with Crippen molar-refractivity contribution in [2.75, 3.05) is 6.54 Å². The minimum atomic E-state index is -0.464. The van der Waals surface area contributed by atoms with E-state index in [0.717, 1.165) is 11.1 Å². The molecule has 112 valence electrons. The summed E-state index contributed by atoms with van der Waals surface area (Å²) in [7, 11) is 0. The van der Waals surface area contributed by atoms with Crippen LogP contribution in [0.4, 0.5) is 0 Å². The summed E-state index contributed by atoms with van der Waals surface area (Å²) in [6.07, 6.45) is -0.464. The van der Waals surface area contributed by atoms with E-state index < -0.39 is 6.10 Å². The summed E-state index contributed by atoms with van der Waals surface area (Å²) >= 11 is 0. The van der Waals surface area contributed by atoms with Crippen molar-refractivity contribution < 1.29 is 5.11 Å². The van der Waals surface area contributed by atoms with Gasteiger partial charge in [0.25, 0.3) is 0 Å². The van der Waals surface area contributed by atoms with Crippen molar-refractivity contribution in [2.45, 2.75) is 38.3 Å². The Hall–Kier alpha value is -1.64. The molecule has 2 aromatic rings. The molecule has 0 heterocycles. The Bertz CT molecular complexity index is 491. The quantitative estimate of drug-likeness (QED) is 0.879. The van der Waals surface area contributed by atoms with Crippen LogP contribution in [-0.2, 0) is 0 Å². The second-order valence-corrected chi connectivity index (χ2v) is 6.50. The van der Waals surface area contributed by atoms with Crippen molar-refractivity contribution >= 4 is 0 Å². The largest absolute Gasteiger partial charge is 0.391 e. The van der Waals surface area contributed by atoms with E-state index in [1.165, 1.54) is 0 Å².